The number of rotatable bonds is 2. The molecule has 88 valence electrons. The number of fused-ring (bicyclic) bond motifs is 1. The molecule has 1 aromatic heterocycles. The number of aromatic carboxylic acids is 1. The third-order valence-electron chi connectivity index (χ3n) is 2.70. The third kappa shape index (κ3) is 2.17. The van der Waals surface area contributed by atoms with Gasteiger partial charge in [-0.15, -0.1) is 0 Å². The van der Waals surface area contributed by atoms with Gasteiger partial charge in [0.05, 0.1) is 11.1 Å². The highest BCUT2D eigenvalue weighted by atomic mass is 79.9. The zero-order valence-corrected chi connectivity index (χ0v) is 11.2. The van der Waals surface area contributed by atoms with Gasteiger partial charge >= 0.3 is 5.97 Å². The molecule has 0 saturated carbocycles. The Labute approximate surface area is 108 Å². The molecule has 1 heterocycles. The Kier molecular flexibility index (Phi) is 3.15. The van der Waals surface area contributed by atoms with Crippen molar-refractivity contribution in [2.75, 3.05) is 0 Å². The molecule has 0 saturated heterocycles. The Balaban J connectivity index is 2.87. The molecule has 17 heavy (non-hydrogen) atoms. The molecule has 3 nitrogen and oxygen atoms in total. The summed E-state index contributed by atoms with van der Waals surface area (Å²) < 4.78 is 0.857. The number of aromatic nitrogens is 1. The minimum absolute atomic E-state index is 0.136. The van der Waals surface area contributed by atoms with Crippen molar-refractivity contribution in [3.8, 4) is 0 Å². The highest BCUT2D eigenvalue weighted by Gasteiger charge is 2.17. The van der Waals surface area contributed by atoms with E-state index in [1.54, 1.807) is 12.3 Å². The van der Waals surface area contributed by atoms with Gasteiger partial charge in [0.2, 0.25) is 0 Å². The first-order valence-electron chi connectivity index (χ1n) is 5.32. The van der Waals surface area contributed by atoms with E-state index in [0.717, 1.165) is 10.0 Å². The summed E-state index contributed by atoms with van der Waals surface area (Å²) >= 11 is 3.36. The number of halogens is 1. The maximum absolute atomic E-state index is 11.4. The molecule has 0 amide bonds. The molecule has 0 aliphatic carbocycles. The predicted molar refractivity (Wildman–Crippen MR) is 70.5 cm³/mol. The van der Waals surface area contributed by atoms with Crippen LogP contribution in [-0.2, 0) is 0 Å². The molecular weight excluding hydrogens is 282 g/mol. The lowest BCUT2D eigenvalue weighted by atomic mass is 9.96. The SMILES string of the molecule is CC(C)c1cnc2ccc(Br)cc2c1C(=O)O. The van der Waals surface area contributed by atoms with E-state index < -0.39 is 5.97 Å². The topological polar surface area (TPSA) is 50.2 Å². The molecule has 0 spiro atoms. The first-order chi connectivity index (χ1) is 8.00. The van der Waals surface area contributed by atoms with Crippen molar-refractivity contribution in [1.82, 2.24) is 4.98 Å². The van der Waals surface area contributed by atoms with E-state index in [1.807, 2.05) is 26.0 Å². The molecule has 0 fully saturated rings. The van der Waals surface area contributed by atoms with Crippen molar-refractivity contribution < 1.29 is 9.90 Å². The van der Waals surface area contributed by atoms with Gasteiger partial charge in [-0.25, -0.2) is 4.79 Å². The molecule has 1 N–H and O–H groups in total. The van der Waals surface area contributed by atoms with Crippen LogP contribution in [0.5, 0.6) is 0 Å². The van der Waals surface area contributed by atoms with Crippen LogP contribution in [0.2, 0.25) is 0 Å². The molecule has 0 bridgehead atoms. The summed E-state index contributed by atoms with van der Waals surface area (Å²) in [6.45, 7) is 3.93. The standard InChI is InChI=1S/C13H12BrNO2/c1-7(2)10-6-15-11-4-3-8(14)5-9(11)12(10)13(16)17/h3-7H,1-2H3,(H,16,17). The fourth-order valence-corrected chi connectivity index (χ4v) is 2.22. The summed E-state index contributed by atoms with van der Waals surface area (Å²) in [4.78, 5) is 15.7. The molecule has 0 radical (unpaired) electrons. The van der Waals surface area contributed by atoms with Gasteiger partial charge in [0, 0.05) is 16.1 Å². The number of hydrogen-bond acceptors (Lipinski definition) is 2. The monoisotopic (exact) mass is 293 g/mol. The van der Waals surface area contributed by atoms with E-state index in [9.17, 15) is 9.90 Å². The molecule has 1 aromatic carbocycles. The van der Waals surface area contributed by atoms with Crippen LogP contribution >= 0.6 is 15.9 Å². The van der Waals surface area contributed by atoms with E-state index in [-0.39, 0.29) is 5.92 Å². The highest BCUT2D eigenvalue weighted by molar-refractivity contribution is 9.10. The Hall–Kier alpha value is -1.42. The second-order valence-electron chi connectivity index (χ2n) is 4.21. The van der Waals surface area contributed by atoms with E-state index in [1.165, 1.54) is 0 Å². The lowest BCUT2D eigenvalue weighted by molar-refractivity contribution is 0.0697. The minimum atomic E-state index is -0.904. The number of hydrogen-bond donors (Lipinski definition) is 1. The van der Waals surface area contributed by atoms with Crippen molar-refractivity contribution in [2.24, 2.45) is 0 Å². The molecular formula is C13H12BrNO2. The largest absolute Gasteiger partial charge is 0.478 e. The van der Waals surface area contributed by atoms with Crippen LogP contribution in [0.25, 0.3) is 10.9 Å². The van der Waals surface area contributed by atoms with Gasteiger partial charge in [-0.1, -0.05) is 29.8 Å². The molecule has 0 unspecified atom stereocenters. The molecule has 0 aliphatic heterocycles. The van der Waals surface area contributed by atoms with Gasteiger partial charge in [-0.05, 0) is 29.7 Å². The average Bonchev–Trinajstić information content (AvgIpc) is 2.26. The van der Waals surface area contributed by atoms with Gasteiger partial charge in [-0.3, -0.25) is 4.98 Å². The average molecular weight is 294 g/mol. The van der Waals surface area contributed by atoms with Crippen LogP contribution in [0, 0.1) is 0 Å². The van der Waals surface area contributed by atoms with E-state index in [2.05, 4.69) is 20.9 Å². The number of carboxylic acid groups (broad SMARTS) is 1. The van der Waals surface area contributed by atoms with Crippen LogP contribution in [0.15, 0.2) is 28.9 Å². The summed E-state index contributed by atoms with van der Waals surface area (Å²) in [6.07, 6.45) is 1.66. The quantitative estimate of drug-likeness (QED) is 0.916. The summed E-state index contributed by atoms with van der Waals surface area (Å²) in [5.41, 5.74) is 1.82. The van der Waals surface area contributed by atoms with Crippen molar-refractivity contribution in [1.29, 1.82) is 0 Å². The normalized spacial score (nSPS) is 11.1. The van der Waals surface area contributed by atoms with Gasteiger partial charge in [0.1, 0.15) is 0 Å². The summed E-state index contributed by atoms with van der Waals surface area (Å²) in [6, 6.07) is 5.48. The van der Waals surface area contributed by atoms with Crippen molar-refractivity contribution in [2.45, 2.75) is 19.8 Å². The van der Waals surface area contributed by atoms with Gasteiger partial charge in [0.15, 0.2) is 0 Å². The van der Waals surface area contributed by atoms with Gasteiger partial charge < -0.3 is 5.11 Å². The predicted octanol–water partition coefficient (Wildman–Crippen LogP) is 3.82. The third-order valence-corrected chi connectivity index (χ3v) is 3.19. The van der Waals surface area contributed by atoms with Gasteiger partial charge in [-0.2, -0.15) is 0 Å². The smallest absolute Gasteiger partial charge is 0.336 e. The number of carbonyl (C=O) groups is 1. The first-order valence-corrected chi connectivity index (χ1v) is 6.11. The first kappa shape index (κ1) is 12.0. The molecule has 0 aliphatic rings. The highest BCUT2D eigenvalue weighted by Crippen LogP contribution is 2.28. The summed E-state index contributed by atoms with van der Waals surface area (Å²) in [7, 11) is 0. The lowest BCUT2D eigenvalue weighted by Crippen LogP contribution is -2.06. The van der Waals surface area contributed by atoms with Gasteiger partial charge in [0.25, 0.3) is 0 Å². The molecule has 4 heteroatoms. The van der Waals surface area contributed by atoms with Crippen LogP contribution in [0.3, 0.4) is 0 Å². The fourth-order valence-electron chi connectivity index (χ4n) is 1.86. The van der Waals surface area contributed by atoms with Crippen LogP contribution in [0.1, 0.15) is 35.7 Å². The number of nitrogens with zero attached hydrogens (tertiary/aromatic N) is 1. The zero-order chi connectivity index (χ0) is 12.6. The van der Waals surface area contributed by atoms with Crippen LogP contribution < -0.4 is 0 Å². The summed E-state index contributed by atoms with van der Waals surface area (Å²) in [5.74, 6) is -0.767. The zero-order valence-electron chi connectivity index (χ0n) is 9.57. The number of benzene rings is 1. The Bertz CT molecular complexity index is 593. The molecule has 2 aromatic rings. The number of carboxylic acids is 1. The molecule has 2 rings (SSSR count). The van der Waals surface area contributed by atoms with Crippen molar-refractivity contribution in [3.63, 3.8) is 0 Å². The second kappa shape index (κ2) is 4.45. The summed E-state index contributed by atoms with van der Waals surface area (Å²) in [5, 5.41) is 10.0. The van der Waals surface area contributed by atoms with E-state index in [4.69, 9.17) is 0 Å². The van der Waals surface area contributed by atoms with Crippen LogP contribution in [0.4, 0.5) is 0 Å². The lowest BCUT2D eigenvalue weighted by Gasteiger charge is -2.11. The van der Waals surface area contributed by atoms with Crippen molar-refractivity contribution in [3.05, 3.63) is 40.0 Å². The number of pyridine rings is 1. The maximum atomic E-state index is 11.4. The minimum Gasteiger partial charge on any atom is -0.478 e. The van der Waals surface area contributed by atoms with Crippen molar-refractivity contribution >= 4 is 32.8 Å². The fraction of sp³-hybridized carbons (Fsp3) is 0.231. The Morgan fingerprint density at radius 1 is 1.41 bits per heavy atom. The van der Waals surface area contributed by atoms with Crippen LogP contribution in [-0.4, -0.2) is 16.1 Å². The molecule has 0 atom stereocenters. The Morgan fingerprint density at radius 2 is 2.12 bits per heavy atom. The Morgan fingerprint density at radius 3 is 2.71 bits per heavy atom. The maximum Gasteiger partial charge on any atom is 0.336 e. The van der Waals surface area contributed by atoms with E-state index in [0.29, 0.717) is 16.5 Å². The second-order valence-corrected chi connectivity index (χ2v) is 5.13. The van der Waals surface area contributed by atoms with E-state index >= 15 is 0 Å².